The van der Waals surface area contributed by atoms with Gasteiger partial charge in [-0.3, -0.25) is 4.79 Å². The highest BCUT2D eigenvalue weighted by molar-refractivity contribution is 5.92. The van der Waals surface area contributed by atoms with Gasteiger partial charge in [-0.25, -0.2) is 0 Å². The van der Waals surface area contributed by atoms with Crippen molar-refractivity contribution >= 4 is 12.0 Å². The first-order valence-electron chi connectivity index (χ1n) is 8.43. The van der Waals surface area contributed by atoms with Crippen molar-refractivity contribution in [1.82, 2.24) is 5.32 Å². The van der Waals surface area contributed by atoms with Crippen LogP contribution in [-0.4, -0.2) is 25.7 Å². The zero-order valence-electron chi connectivity index (χ0n) is 14.7. The van der Waals surface area contributed by atoms with Crippen LogP contribution in [0.1, 0.15) is 52.0 Å². The van der Waals surface area contributed by atoms with Crippen LogP contribution in [0.25, 0.3) is 6.08 Å². The first-order valence-corrected chi connectivity index (χ1v) is 8.43. The molecule has 0 unspecified atom stereocenters. The normalized spacial score (nSPS) is 11.0. The van der Waals surface area contributed by atoms with Crippen LogP contribution >= 0.6 is 0 Å². The minimum Gasteiger partial charge on any atom is -0.493 e. The van der Waals surface area contributed by atoms with Gasteiger partial charge in [-0.2, -0.15) is 0 Å². The van der Waals surface area contributed by atoms with Crippen LogP contribution in [0.5, 0.6) is 11.5 Å². The summed E-state index contributed by atoms with van der Waals surface area (Å²) in [6.07, 6.45) is 7.33. The molecule has 0 fully saturated rings. The summed E-state index contributed by atoms with van der Waals surface area (Å²) in [7, 11) is 1.62. The van der Waals surface area contributed by atoms with E-state index in [-0.39, 0.29) is 11.9 Å². The number of ether oxygens (including phenoxy) is 2. The van der Waals surface area contributed by atoms with Crippen molar-refractivity contribution in [1.29, 1.82) is 0 Å². The number of methoxy groups -OCH3 is 1. The second-order valence-electron chi connectivity index (χ2n) is 5.47. The molecule has 4 heteroatoms. The SMILES string of the molecule is CCCCOc1ccc(/C=C/C(=O)NC(CC)CC)cc1OC. The van der Waals surface area contributed by atoms with Crippen molar-refractivity contribution in [3.8, 4) is 11.5 Å². The van der Waals surface area contributed by atoms with Gasteiger partial charge in [-0.05, 0) is 43.0 Å². The second kappa shape index (κ2) is 10.7. The molecule has 0 radical (unpaired) electrons. The molecule has 1 amide bonds. The van der Waals surface area contributed by atoms with E-state index >= 15 is 0 Å². The smallest absolute Gasteiger partial charge is 0.244 e. The van der Waals surface area contributed by atoms with Crippen molar-refractivity contribution in [2.75, 3.05) is 13.7 Å². The average molecular weight is 319 g/mol. The molecule has 0 aliphatic rings. The Kier molecular flexibility index (Phi) is 8.88. The molecule has 1 N–H and O–H groups in total. The van der Waals surface area contributed by atoms with Gasteiger partial charge in [-0.15, -0.1) is 0 Å². The number of nitrogens with one attached hydrogen (secondary N) is 1. The Morgan fingerprint density at radius 3 is 2.57 bits per heavy atom. The van der Waals surface area contributed by atoms with E-state index in [4.69, 9.17) is 9.47 Å². The highest BCUT2D eigenvalue weighted by Gasteiger charge is 2.07. The molecule has 4 nitrogen and oxygen atoms in total. The highest BCUT2D eigenvalue weighted by atomic mass is 16.5. The Labute approximate surface area is 139 Å². The Morgan fingerprint density at radius 1 is 1.22 bits per heavy atom. The number of benzene rings is 1. The van der Waals surface area contributed by atoms with Crippen LogP contribution in [-0.2, 0) is 4.79 Å². The summed E-state index contributed by atoms with van der Waals surface area (Å²) in [5, 5.41) is 2.98. The molecule has 0 aromatic heterocycles. The number of amides is 1. The molecular formula is C19H29NO3. The molecule has 0 aliphatic heterocycles. The molecule has 0 bridgehead atoms. The molecule has 0 aliphatic carbocycles. The number of unbranched alkanes of at least 4 members (excludes halogenated alkanes) is 1. The lowest BCUT2D eigenvalue weighted by molar-refractivity contribution is -0.117. The molecule has 0 atom stereocenters. The topological polar surface area (TPSA) is 47.6 Å². The van der Waals surface area contributed by atoms with E-state index in [1.165, 1.54) is 0 Å². The maximum atomic E-state index is 11.9. The first kappa shape index (κ1) is 19.1. The van der Waals surface area contributed by atoms with Gasteiger partial charge in [0.15, 0.2) is 11.5 Å². The maximum absolute atomic E-state index is 11.9. The van der Waals surface area contributed by atoms with Crippen molar-refractivity contribution < 1.29 is 14.3 Å². The Morgan fingerprint density at radius 2 is 1.96 bits per heavy atom. The number of hydrogen-bond acceptors (Lipinski definition) is 3. The van der Waals surface area contributed by atoms with E-state index in [0.717, 1.165) is 37.0 Å². The Bertz CT molecular complexity index is 507. The highest BCUT2D eigenvalue weighted by Crippen LogP contribution is 2.28. The summed E-state index contributed by atoms with van der Waals surface area (Å²) < 4.78 is 11.1. The molecular weight excluding hydrogens is 290 g/mol. The molecule has 1 aromatic rings. The maximum Gasteiger partial charge on any atom is 0.244 e. The van der Waals surface area contributed by atoms with Gasteiger partial charge in [0.1, 0.15) is 0 Å². The summed E-state index contributed by atoms with van der Waals surface area (Å²) >= 11 is 0. The van der Waals surface area contributed by atoms with Crippen molar-refractivity contribution in [2.45, 2.75) is 52.5 Å². The lowest BCUT2D eigenvalue weighted by atomic mass is 10.1. The third-order valence-electron chi connectivity index (χ3n) is 3.70. The van der Waals surface area contributed by atoms with Gasteiger partial charge in [0, 0.05) is 12.1 Å². The summed E-state index contributed by atoms with van der Waals surface area (Å²) in [4.78, 5) is 11.9. The van der Waals surface area contributed by atoms with Gasteiger partial charge in [0.05, 0.1) is 13.7 Å². The predicted octanol–water partition coefficient (Wildman–Crippen LogP) is 4.19. The third-order valence-corrected chi connectivity index (χ3v) is 3.70. The molecule has 0 spiro atoms. The van der Waals surface area contributed by atoms with Crippen molar-refractivity contribution in [3.63, 3.8) is 0 Å². The van der Waals surface area contributed by atoms with Crippen LogP contribution < -0.4 is 14.8 Å². The molecule has 1 rings (SSSR count). The Hall–Kier alpha value is -1.97. The third kappa shape index (κ3) is 6.76. The van der Waals surface area contributed by atoms with E-state index in [2.05, 4.69) is 26.1 Å². The molecule has 0 heterocycles. The Balaban J connectivity index is 2.69. The number of carbonyl (C=O) groups is 1. The second-order valence-corrected chi connectivity index (χ2v) is 5.47. The standard InChI is InChI=1S/C19H29NO3/c1-5-8-13-23-17-11-9-15(14-18(17)22-4)10-12-19(21)20-16(6-2)7-3/h9-12,14,16H,5-8,13H2,1-4H3,(H,20,21)/b12-10+. The van der Waals surface area contributed by atoms with Gasteiger partial charge in [0.2, 0.25) is 5.91 Å². The fraction of sp³-hybridized carbons (Fsp3) is 0.526. The minimum absolute atomic E-state index is 0.0686. The zero-order valence-corrected chi connectivity index (χ0v) is 14.7. The van der Waals surface area contributed by atoms with Crippen LogP contribution in [0.2, 0.25) is 0 Å². The number of rotatable bonds is 10. The summed E-state index contributed by atoms with van der Waals surface area (Å²) in [6.45, 7) is 6.95. The van der Waals surface area contributed by atoms with E-state index in [1.54, 1.807) is 19.3 Å². The molecule has 128 valence electrons. The van der Waals surface area contributed by atoms with E-state index in [0.29, 0.717) is 12.4 Å². The summed E-state index contributed by atoms with van der Waals surface area (Å²) in [5.41, 5.74) is 0.907. The lowest BCUT2D eigenvalue weighted by Gasteiger charge is -2.13. The van der Waals surface area contributed by atoms with Crippen LogP contribution in [0, 0.1) is 0 Å². The van der Waals surface area contributed by atoms with E-state index < -0.39 is 0 Å². The number of hydrogen-bond donors (Lipinski definition) is 1. The minimum atomic E-state index is -0.0686. The predicted molar refractivity (Wildman–Crippen MR) is 94.9 cm³/mol. The monoisotopic (exact) mass is 319 g/mol. The van der Waals surface area contributed by atoms with Crippen molar-refractivity contribution in [3.05, 3.63) is 29.8 Å². The molecule has 0 saturated carbocycles. The van der Waals surface area contributed by atoms with Crippen molar-refractivity contribution in [2.24, 2.45) is 0 Å². The average Bonchev–Trinajstić information content (AvgIpc) is 2.58. The molecule has 0 saturated heterocycles. The molecule has 1 aromatic carbocycles. The summed E-state index contributed by atoms with van der Waals surface area (Å²) in [5.74, 6) is 1.35. The summed E-state index contributed by atoms with van der Waals surface area (Å²) in [6, 6.07) is 5.91. The van der Waals surface area contributed by atoms with Gasteiger partial charge >= 0.3 is 0 Å². The van der Waals surface area contributed by atoms with Crippen LogP contribution in [0.4, 0.5) is 0 Å². The van der Waals surface area contributed by atoms with E-state index in [1.807, 2.05) is 18.2 Å². The zero-order chi connectivity index (χ0) is 17.1. The van der Waals surface area contributed by atoms with Crippen LogP contribution in [0.15, 0.2) is 24.3 Å². The quantitative estimate of drug-likeness (QED) is 0.519. The first-order chi connectivity index (χ1) is 11.1. The van der Waals surface area contributed by atoms with E-state index in [9.17, 15) is 4.79 Å². The van der Waals surface area contributed by atoms with Gasteiger partial charge < -0.3 is 14.8 Å². The van der Waals surface area contributed by atoms with Gasteiger partial charge in [0.25, 0.3) is 0 Å². The lowest BCUT2D eigenvalue weighted by Crippen LogP contribution is -2.32. The fourth-order valence-corrected chi connectivity index (χ4v) is 2.15. The largest absolute Gasteiger partial charge is 0.493 e. The fourth-order valence-electron chi connectivity index (χ4n) is 2.15. The number of carbonyl (C=O) groups excluding carboxylic acids is 1. The van der Waals surface area contributed by atoms with Gasteiger partial charge in [-0.1, -0.05) is 33.3 Å². The van der Waals surface area contributed by atoms with Crippen LogP contribution in [0.3, 0.4) is 0 Å². The molecule has 23 heavy (non-hydrogen) atoms.